The molecule has 0 spiro atoms. The van der Waals surface area contributed by atoms with Gasteiger partial charge in [-0.2, -0.15) is 19.7 Å². The molecule has 6 nitrogen and oxygen atoms in total. The van der Waals surface area contributed by atoms with Gasteiger partial charge in [0.2, 0.25) is 0 Å². The molecule has 39 heavy (non-hydrogen) atoms. The summed E-state index contributed by atoms with van der Waals surface area (Å²) in [7, 11) is 0. The predicted octanol–water partition coefficient (Wildman–Crippen LogP) is 7.00. The Bertz CT molecular complexity index is 1040. The summed E-state index contributed by atoms with van der Waals surface area (Å²) in [5.74, 6) is 1.70. The molecule has 0 saturated carbocycles. The van der Waals surface area contributed by atoms with Gasteiger partial charge < -0.3 is 9.47 Å². The number of likely N-dealkylation sites (tertiary alicyclic amines) is 1. The minimum atomic E-state index is 0.666. The number of benzene rings is 2. The van der Waals surface area contributed by atoms with Crippen molar-refractivity contribution in [1.82, 2.24) is 0 Å². The fraction of sp³-hybridized carbons (Fsp3) is 0.576. The minimum Gasteiger partial charge on any atom is -0.494 e. The van der Waals surface area contributed by atoms with Gasteiger partial charge in [0.25, 0.3) is 0 Å². The molecule has 1 aliphatic rings. The summed E-state index contributed by atoms with van der Waals surface area (Å²) in [5.41, 5.74) is 1.34. The topological polar surface area (TPSA) is 66.0 Å². The van der Waals surface area contributed by atoms with Crippen LogP contribution in [-0.4, -0.2) is 61.7 Å². The number of hydrogen-bond acceptors (Lipinski definition) is 4. The van der Waals surface area contributed by atoms with Gasteiger partial charge in [-0.15, -0.1) is 0 Å². The number of ether oxygens (including phenoxy) is 2. The summed E-state index contributed by atoms with van der Waals surface area (Å²) in [6.45, 7) is 13.5. The van der Waals surface area contributed by atoms with Gasteiger partial charge in [-0.3, -0.25) is 0 Å². The molecule has 3 rings (SSSR count). The van der Waals surface area contributed by atoms with Crippen LogP contribution in [0.25, 0.3) is 0 Å². The van der Waals surface area contributed by atoms with Crippen molar-refractivity contribution in [2.75, 3.05) is 52.5 Å². The Balaban J connectivity index is 1.50. The summed E-state index contributed by atoms with van der Waals surface area (Å²) >= 11 is 0. The third-order valence-electron chi connectivity index (χ3n) is 8.67. The Hall–Kier alpha value is -3.06. The third kappa shape index (κ3) is 8.72. The van der Waals surface area contributed by atoms with E-state index >= 15 is 0 Å². The van der Waals surface area contributed by atoms with E-state index in [0.717, 1.165) is 44.1 Å². The minimum absolute atomic E-state index is 0.666. The lowest BCUT2D eigenvalue weighted by atomic mass is 10.1. The number of quaternary nitrogens is 2. The molecule has 1 aliphatic heterocycles. The zero-order valence-corrected chi connectivity index (χ0v) is 24.2. The maximum Gasteiger partial charge on any atom is 0.126 e. The average Bonchev–Trinajstić information content (AvgIpc) is 3.24. The molecule has 0 radical (unpaired) electrons. The van der Waals surface area contributed by atoms with Crippen LogP contribution in [0, 0.1) is 22.7 Å². The van der Waals surface area contributed by atoms with Gasteiger partial charge in [0.1, 0.15) is 50.8 Å². The molecule has 0 aliphatic carbocycles. The van der Waals surface area contributed by atoms with E-state index in [0.29, 0.717) is 11.1 Å². The van der Waals surface area contributed by atoms with E-state index in [1.165, 1.54) is 86.9 Å². The van der Waals surface area contributed by atoms with Crippen molar-refractivity contribution in [3.05, 3.63) is 59.7 Å². The maximum atomic E-state index is 9.03. The van der Waals surface area contributed by atoms with Crippen LogP contribution >= 0.6 is 0 Å². The smallest absolute Gasteiger partial charge is 0.126 e. The number of unbranched alkanes of at least 4 members (excludes halogenated alkanes) is 3. The van der Waals surface area contributed by atoms with E-state index in [2.05, 4.69) is 26.0 Å². The van der Waals surface area contributed by atoms with Crippen molar-refractivity contribution >= 4 is 0 Å². The second-order valence-corrected chi connectivity index (χ2v) is 10.9. The summed E-state index contributed by atoms with van der Waals surface area (Å²) in [6, 6.07) is 19.2. The van der Waals surface area contributed by atoms with Gasteiger partial charge >= 0.3 is 0 Å². The van der Waals surface area contributed by atoms with E-state index in [4.69, 9.17) is 20.0 Å². The van der Waals surface area contributed by atoms with Crippen LogP contribution in [0.3, 0.4) is 0 Å². The van der Waals surface area contributed by atoms with Crippen LogP contribution in [0.5, 0.6) is 11.5 Å². The van der Waals surface area contributed by atoms with Crippen LogP contribution in [0.4, 0.5) is 0 Å². The second-order valence-electron chi connectivity index (χ2n) is 10.9. The summed E-state index contributed by atoms with van der Waals surface area (Å²) in [6.07, 6.45) is 11.1. The average molecular weight is 533 g/mol. The SMILES string of the molecule is CC[N+](CC)(CCCCCCOc1ccc(C#N)cc1)[N+]1(CCCOc2ccc(C#N)cc2)CCCCCC1. The van der Waals surface area contributed by atoms with Crippen molar-refractivity contribution in [1.29, 1.82) is 10.5 Å². The van der Waals surface area contributed by atoms with E-state index in [1.54, 1.807) is 0 Å². The van der Waals surface area contributed by atoms with E-state index < -0.39 is 0 Å². The van der Waals surface area contributed by atoms with Crippen molar-refractivity contribution < 1.29 is 18.7 Å². The largest absolute Gasteiger partial charge is 0.494 e. The highest BCUT2D eigenvalue weighted by atomic mass is 16.5. The van der Waals surface area contributed by atoms with Crippen LogP contribution in [0.1, 0.15) is 82.8 Å². The van der Waals surface area contributed by atoms with Crippen molar-refractivity contribution in [3.63, 3.8) is 0 Å². The molecule has 0 atom stereocenters. The number of rotatable bonds is 16. The molecule has 0 unspecified atom stereocenters. The summed E-state index contributed by atoms with van der Waals surface area (Å²) in [4.78, 5) is 0. The van der Waals surface area contributed by atoms with Gasteiger partial charge in [0.15, 0.2) is 0 Å². The molecule has 2 aromatic rings. The molecule has 1 heterocycles. The first kappa shape index (κ1) is 30.5. The zero-order valence-electron chi connectivity index (χ0n) is 24.2. The fourth-order valence-corrected chi connectivity index (χ4v) is 6.34. The molecule has 0 aromatic heterocycles. The highest BCUT2D eigenvalue weighted by Gasteiger charge is 2.47. The highest BCUT2D eigenvalue weighted by Crippen LogP contribution is 2.30. The Morgan fingerprint density at radius 3 is 1.64 bits per heavy atom. The van der Waals surface area contributed by atoms with Crippen LogP contribution in [0.15, 0.2) is 48.5 Å². The molecular weight excluding hydrogens is 484 g/mol. The van der Waals surface area contributed by atoms with Crippen LogP contribution in [0.2, 0.25) is 0 Å². The quantitative estimate of drug-likeness (QED) is 0.172. The standard InChI is InChI=1S/C33H48N4O2/c1-3-36(4-2,22-9-7-8-12-26-38-32-18-14-30(28-34)15-19-32)37(23-10-5-6-11-24-37)25-13-27-39-33-20-16-31(29-35)17-21-33/h14-21H,3-13,22-27H2,1-2H3/q+2. The van der Waals surface area contributed by atoms with Gasteiger partial charge in [0.05, 0.1) is 36.5 Å². The summed E-state index contributed by atoms with van der Waals surface area (Å²) in [5, 5.41) is 18.0. The number of nitrogens with zero attached hydrogens (tertiary/aromatic N) is 4. The maximum absolute atomic E-state index is 9.03. The van der Waals surface area contributed by atoms with Crippen LogP contribution in [-0.2, 0) is 0 Å². The first-order chi connectivity index (χ1) is 19.1. The molecule has 0 amide bonds. The van der Waals surface area contributed by atoms with Crippen molar-refractivity contribution in [2.24, 2.45) is 0 Å². The Kier molecular flexibility index (Phi) is 12.6. The molecule has 1 saturated heterocycles. The molecule has 210 valence electrons. The van der Waals surface area contributed by atoms with Gasteiger partial charge in [-0.05, 0) is 94.5 Å². The molecule has 1 fully saturated rings. The van der Waals surface area contributed by atoms with Gasteiger partial charge in [-0.1, -0.05) is 0 Å². The lowest BCUT2D eigenvalue weighted by Gasteiger charge is -2.53. The molecule has 0 bridgehead atoms. The second kappa shape index (κ2) is 16.1. The monoisotopic (exact) mass is 532 g/mol. The van der Waals surface area contributed by atoms with Gasteiger partial charge in [0, 0.05) is 25.7 Å². The highest BCUT2D eigenvalue weighted by molar-refractivity contribution is 5.35. The normalized spacial score (nSPS) is 15.1. The first-order valence-electron chi connectivity index (χ1n) is 15.1. The lowest BCUT2D eigenvalue weighted by molar-refractivity contribution is -1.49. The molecule has 0 N–H and O–H groups in total. The van der Waals surface area contributed by atoms with E-state index in [-0.39, 0.29) is 0 Å². The van der Waals surface area contributed by atoms with Crippen LogP contribution < -0.4 is 9.47 Å². The lowest BCUT2D eigenvalue weighted by Crippen LogP contribution is -2.73. The zero-order chi connectivity index (χ0) is 27.8. The Morgan fingerprint density at radius 1 is 0.667 bits per heavy atom. The van der Waals surface area contributed by atoms with E-state index in [9.17, 15) is 0 Å². The number of nitriles is 2. The van der Waals surface area contributed by atoms with Crippen molar-refractivity contribution in [3.8, 4) is 23.6 Å². The molecule has 6 heteroatoms. The molecule has 2 aromatic carbocycles. The Morgan fingerprint density at radius 2 is 1.15 bits per heavy atom. The Labute approximate surface area is 236 Å². The number of hydrogen-bond donors (Lipinski definition) is 0. The predicted molar refractivity (Wildman–Crippen MR) is 156 cm³/mol. The summed E-state index contributed by atoms with van der Waals surface area (Å²) < 4.78 is 14.3. The molecular formula is C33H48N4O2+2. The third-order valence-corrected chi connectivity index (χ3v) is 8.67. The van der Waals surface area contributed by atoms with Gasteiger partial charge in [-0.25, -0.2) is 0 Å². The van der Waals surface area contributed by atoms with E-state index in [1.807, 2.05) is 48.5 Å². The fourth-order valence-electron chi connectivity index (χ4n) is 6.34. The van der Waals surface area contributed by atoms with Crippen molar-refractivity contribution in [2.45, 2.75) is 71.6 Å². The first-order valence-corrected chi connectivity index (χ1v) is 15.1.